The van der Waals surface area contributed by atoms with Crippen LogP contribution in [-0.4, -0.2) is 0 Å². The quantitative estimate of drug-likeness (QED) is 0.545. The van der Waals surface area contributed by atoms with Crippen molar-refractivity contribution in [2.24, 2.45) is 11.3 Å². The predicted molar refractivity (Wildman–Crippen MR) is 66.5 cm³/mol. The Bertz CT molecular complexity index is 196. The van der Waals surface area contributed by atoms with Gasteiger partial charge in [-0.25, -0.2) is 0 Å². The van der Waals surface area contributed by atoms with Crippen LogP contribution in [-0.2, 0) is 0 Å². The smallest absolute Gasteiger partial charge is 0.00506 e. The summed E-state index contributed by atoms with van der Waals surface area (Å²) in [5.74, 6) is 0.882. The molecule has 1 aliphatic carbocycles. The molecule has 1 rings (SSSR count). The van der Waals surface area contributed by atoms with Gasteiger partial charge in [-0.2, -0.15) is 0 Å². The summed E-state index contributed by atoms with van der Waals surface area (Å²) in [4.78, 5) is 0. The Labute approximate surface area is 90.8 Å². The van der Waals surface area contributed by atoms with E-state index in [4.69, 9.17) is 0 Å². The topological polar surface area (TPSA) is 0 Å². The van der Waals surface area contributed by atoms with Crippen molar-refractivity contribution in [2.75, 3.05) is 0 Å². The van der Waals surface area contributed by atoms with Crippen LogP contribution in [0.5, 0.6) is 0 Å². The first-order chi connectivity index (χ1) is 6.52. The molecule has 0 aromatic heterocycles. The lowest BCUT2D eigenvalue weighted by atomic mass is 9.87. The molecule has 2 unspecified atom stereocenters. The summed E-state index contributed by atoms with van der Waals surface area (Å²) in [6.45, 7) is 15.6. The Morgan fingerprint density at radius 2 is 1.86 bits per heavy atom. The minimum Gasteiger partial charge on any atom is -0.0766 e. The van der Waals surface area contributed by atoms with Gasteiger partial charge in [0.05, 0.1) is 0 Å². The van der Waals surface area contributed by atoms with E-state index in [0.717, 1.165) is 5.92 Å². The molecule has 1 fully saturated rings. The predicted octanol–water partition coefficient (Wildman–Crippen LogP) is 5.20. The summed E-state index contributed by atoms with van der Waals surface area (Å²) in [5.41, 5.74) is 3.86. The van der Waals surface area contributed by atoms with Gasteiger partial charge in [-0.3, -0.25) is 0 Å². The monoisotopic (exact) mass is 196 g/mol. The SMILES string of the molecule is CC.CCCC(C)C1(C)CC1=C(C)C. The second kappa shape index (κ2) is 5.58. The molecule has 0 aromatic rings. The minimum atomic E-state index is 0.578. The lowest BCUT2D eigenvalue weighted by Crippen LogP contribution is -2.08. The Morgan fingerprint density at radius 3 is 2.14 bits per heavy atom. The van der Waals surface area contributed by atoms with E-state index in [1.165, 1.54) is 19.3 Å². The van der Waals surface area contributed by atoms with Gasteiger partial charge >= 0.3 is 0 Å². The molecule has 0 radical (unpaired) electrons. The van der Waals surface area contributed by atoms with Gasteiger partial charge in [0.15, 0.2) is 0 Å². The normalized spacial score (nSPS) is 26.4. The average molecular weight is 196 g/mol. The van der Waals surface area contributed by atoms with Crippen LogP contribution in [0, 0.1) is 11.3 Å². The molecule has 0 heteroatoms. The van der Waals surface area contributed by atoms with E-state index < -0.39 is 0 Å². The van der Waals surface area contributed by atoms with Crippen LogP contribution in [0.3, 0.4) is 0 Å². The molecule has 0 saturated heterocycles. The van der Waals surface area contributed by atoms with E-state index in [2.05, 4.69) is 34.6 Å². The van der Waals surface area contributed by atoms with Crippen LogP contribution in [0.15, 0.2) is 11.1 Å². The van der Waals surface area contributed by atoms with Crippen LogP contribution >= 0.6 is 0 Å². The summed E-state index contributed by atoms with van der Waals surface area (Å²) in [6, 6.07) is 0. The van der Waals surface area contributed by atoms with Gasteiger partial charge in [0.2, 0.25) is 0 Å². The Balaban J connectivity index is 0.000000791. The third kappa shape index (κ3) is 2.87. The number of rotatable bonds is 3. The van der Waals surface area contributed by atoms with Crippen molar-refractivity contribution in [1.29, 1.82) is 0 Å². The molecule has 0 aliphatic heterocycles. The molecule has 0 amide bonds. The number of allylic oxidation sites excluding steroid dienone is 2. The van der Waals surface area contributed by atoms with E-state index in [1.54, 1.807) is 11.1 Å². The van der Waals surface area contributed by atoms with Crippen molar-refractivity contribution in [2.45, 2.75) is 67.7 Å². The zero-order chi connectivity index (χ0) is 11.4. The van der Waals surface area contributed by atoms with Gasteiger partial charge in [-0.1, -0.05) is 58.6 Å². The van der Waals surface area contributed by atoms with Gasteiger partial charge in [0.1, 0.15) is 0 Å². The van der Waals surface area contributed by atoms with Crippen molar-refractivity contribution in [3.8, 4) is 0 Å². The van der Waals surface area contributed by atoms with Crippen molar-refractivity contribution < 1.29 is 0 Å². The number of hydrogen-bond donors (Lipinski definition) is 0. The zero-order valence-electron chi connectivity index (χ0n) is 11.2. The second-order valence-electron chi connectivity index (χ2n) is 4.76. The molecule has 0 nitrogen and oxygen atoms in total. The molecule has 84 valence electrons. The van der Waals surface area contributed by atoms with Crippen LogP contribution in [0.1, 0.15) is 67.7 Å². The summed E-state index contributed by atoms with van der Waals surface area (Å²) in [6.07, 6.45) is 4.07. The third-order valence-corrected chi connectivity index (χ3v) is 3.52. The molecular weight excluding hydrogens is 168 g/mol. The Hall–Kier alpha value is -0.260. The van der Waals surface area contributed by atoms with Crippen molar-refractivity contribution in [3.05, 3.63) is 11.1 Å². The maximum absolute atomic E-state index is 2.43. The minimum absolute atomic E-state index is 0.578. The highest BCUT2D eigenvalue weighted by Gasteiger charge is 2.47. The van der Waals surface area contributed by atoms with Crippen molar-refractivity contribution in [1.82, 2.24) is 0 Å². The first-order valence-corrected chi connectivity index (χ1v) is 6.19. The Kier molecular flexibility index (Phi) is 5.48. The highest BCUT2D eigenvalue weighted by molar-refractivity contribution is 5.35. The van der Waals surface area contributed by atoms with Gasteiger partial charge in [0.25, 0.3) is 0 Å². The molecule has 0 bridgehead atoms. The fourth-order valence-corrected chi connectivity index (χ4v) is 2.29. The van der Waals surface area contributed by atoms with Gasteiger partial charge in [-0.05, 0) is 31.6 Å². The fraction of sp³-hybridized carbons (Fsp3) is 0.857. The molecule has 0 aromatic carbocycles. The first-order valence-electron chi connectivity index (χ1n) is 6.19. The molecular formula is C14H28. The van der Waals surface area contributed by atoms with Crippen molar-refractivity contribution in [3.63, 3.8) is 0 Å². The lowest BCUT2D eigenvalue weighted by Gasteiger charge is -2.17. The Morgan fingerprint density at radius 1 is 1.36 bits per heavy atom. The van der Waals surface area contributed by atoms with Crippen molar-refractivity contribution >= 4 is 0 Å². The van der Waals surface area contributed by atoms with Gasteiger partial charge < -0.3 is 0 Å². The average Bonchev–Trinajstić information content (AvgIpc) is 2.84. The summed E-state index contributed by atoms with van der Waals surface area (Å²) in [5, 5.41) is 0. The molecule has 1 aliphatic rings. The molecule has 1 saturated carbocycles. The maximum atomic E-state index is 2.43. The summed E-state index contributed by atoms with van der Waals surface area (Å²) >= 11 is 0. The molecule has 2 atom stereocenters. The molecule has 0 N–H and O–H groups in total. The zero-order valence-corrected chi connectivity index (χ0v) is 11.2. The summed E-state index contributed by atoms with van der Waals surface area (Å²) < 4.78 is 0. The van der Waals surface area contributed by atoms with Crippen LogP contribution in [0.25, 0.3) is 0 Å². The van der Waals surface area contributed by atoms with E-state index in [9.17, 15) is 0 Å². The van der Waals surface area contributed by atoms with E-state index >= 15 is 0 Å². The highest BCUT2D eigenvalue weighted by atomic mass is 14.5. The maximum Gasteiger partial charge on any atom is -0.00506 e. The molecule has 0 heterocycles. The molecule has 14 heavy (non-hydrogen) atoms. The van der Waals surface area contributed by atoms with Crippen LogP contribution in [0.4, 0.5) is 0 Å². The molecule has 0 spiro atoms. The van der Waals surface area contributed by atoms with Crippen LogP contribution in [0.2, 0.25) is 0 Å². The fourth-order valence-electron chi connectivity index (χ4n) is 2.29. The second-order valence-corrected chi connectivity index (χ2v) is 4.76. The van der Waals surface area contributed by atoms with Crippen LogP contribution < -0.4 is 0 Å². The van der Waals surface area contributed by atoms with E-state index in [0.29, 0.717) is 5.41 Å². The third-order valence-electron chi connectivity index (χ3n) is 3.52. The summed E-state index contributed by atoms with van der Waals surface area (Å²) in [7, 11) is 0. The van der Waals surface area contributed by atoms with E-state index in [1.807, 2.05) is 13.8 Å². The van der Waals surface area contributed by atoms with Gasteiger partial charge in [-0.15, -0.1) is 0 Å². The van der Waals surface area contributed by atoms with Gasteiger partial charge in [0, 0.05) is 0 Å². The standard InChI is InChI=1S/C12H22.C2H6/c1-6-7-10(4)12(5)8-11(12)9(2)3;1-2/h10H,6-8H2,1-5H3;1-2H3. The highest BCUT2D eigenvalue weighted by Crippen LogP contribution is 2.59. The lowest BCUT2D eigenvalue weighted by molar-refractivity contribution is 0.356. The first kappa shape index (κ1) is 13.7. The number of hydrogen-bond acceptors (Lipinski definition) is 0. The van der Waals surface area contributed by atoms with E-state index in [-0.39, 0.29) is 0 Å². The largest absolute Gasteiger partial charge is 0.0766 e.